The van der Waals surface area contributed by atoms with Gasteiger partial charge in [-0.05, 0) is 25.9 Å². The van der Waals surface area contributed by atoms with E-state index < -0.39 is 0 Å². The molecule has 0 amide bonds. The molecule has 2 nitrogen and oxygen atoms in total. The lowest BCUT2D eigenvalue weighted by atomic mass is 10.2. The van der Waals surface area contributed by atoms with E-state index in [0.717, 1.165) is 12.6 Å². The van der Waals surface area contributed by atoms with Gasteiger partial charge in [0.25, 0.3) is 0 Å². The van der Waals surface area contributed by atoms with Gasteiger partial charge in [0.1, 0.15) is 0 Å². The minimum Gasteiger partial charge on any atom is -0.315 e. The summed E-state index contributed by atoms with van der Waals surface area (Å²) in [6.45, 7) is 5.78. The fourth-order valence-corrected chi connectivity index (χ4v) is 1.42. The van der Waals surface area contributed by atoms with Gasteiger partial charge in [0.15, 0.2) is 0 Å². The maximum Gasteiger partial charge on any atom is 0.0192 e. The van der Waals surface area contributed by atoms with E-state index in [1.165, 1.54) is 32.4 Å². The molecule has 1 fully saturated rings. The first kappa shape index (κ1) is 8.02. The second kappa shape index (κ2) is 4.69. The largest absolute Gasteiger partial charge is 0.315 e. The van der Waals surface area contributed by atoms with E-state index >= 15 is 0 Å². The summed E-state index contributed by atoms with van der Waals surface area (Å²) in [5, 5.41) is 6.94. The second-order valence-electron chi connectivity index (χ2n) is 3.00. The van der Waals surface area contributed by atoms with Crippen molar-refractivity contribution >= 4 is 0 Å². The van der Waals surface area contributed by atoms with Crippen LogP contribution in [0.2, 0.25) is 0 Å². The molecule has 2 heteroatoms. The van der Waals surface area contributed by atoms with Gasteiger partial charge >= 0.3 is 0 Å². The normalized spacial score (nSPS) is 27.9. The molecule has 0 aromatic heterocycles. The summed E-state index contributed by atoms with van der Waals surface area (Å²) >= 11 is 0. The van der Waals surface area contributed by atoms with Gasteiger partial charge in [-0.3, -0.25) is 0 Å². The van der Waals surface area contributed by atoms with Crippen molar-refractivity contribution in [3.63, 3.8) is 0 Å². The van der Waals surface area contributed by atoms with Crippen LogP contribution in [-0.2, 0) is 0 Å². The molecule has 1 aliphatic heterocycles. The fraction of sp³-hybridized carbons (Fsp3) is 1.00. The van der Waals surface area contributed by atoms with Crippen molar-refractivity contribution < 1.29 is 0 Å². The van der Waals surface area contributed by atoms with E-state index in [1.807, 2.05) is 0 Å². The average Bonchev–Trinajstić information content (AvgIpc) is 2.17. The van der Waals surface area contributed by atoms with E-state index in [0.29, 0.717) is 0 Å². The first-order valence-corrected chi connectivity index (χ1v) is 4.37. The van der Waals surface area contributed by atoms with Crippen molar-refractivity contribution in [3.8, 4) is 0 Å². The van der Waals surface area contributed by atoms with Gasteiger partial charge in [0, 0.05) is 12.6 Å². The van der Waals surface area contributed by atoms with Crippen molar-refractivity contribution in [2.45, 2.75) is 32.2 Å². The lowest BCUT2D eigenvalue weighted by Crippen LogP contribution is -2.34. The monoisotopic (exact) mass is 142 g/mol. The van der Waals surface area contributed by atoms with E-state index in [-0.39, 0.29) is 0 Å². The third-order valence-electron chi connectivity index (χ3n) is 1.99. The molecule has 60 valence electrons. The highest BCUT2D eigenvalue weighted by molar-refractivity contribution is 4.72. The molecule has 0 aromatic carbocycles. The Labute approximate surface area is 63.4 Å². The minimum atomic E-state index is 0.729. The van der Waals surface area contributed by atoms with Crippen molar-refractivity contribution in [1.82, 2.24) is 10.6 Å². The van der Waals surface area contributed by atoms with Crippen molar-refractivity contribution in [3.05, 3.63) is 0 Å². The first-order valence-electron chi connectivity index (χ1n) is 4.37. The number of hydrogen-bond donors (Lipinski definition) is 2. The third-order valence-corrected chi connectivity index (χ3v) is 1.99. The van der Waals surface area contributed by atoms with Crippen LogP contribution >= 0.6 is 0 Å². The number of rotatable bonds is 2. The van der Waals surface area contributed by atoms with Gasteiger partial charge in [-0.1, -0.05) is 13.3 Å². The van der Waals surface area contributed by atoms with Crippen LogP contribution in [0.4, 0.5) is 0 Å². The predicted molar refractivity (Wildman–Crippen MR) is 44.2 cm³/mol. The van der Waals surface area contributed by atoms with E-state index in [9.17, 15) is 0 Å². The van der Waals surface area contributed by atoms with Gasteiger partial charge in [-0.25, -0.2) is 0 Å². The molecular formula is C8H18N2. The average molecular weight is 142 g/mol. The van der Waals surface area contributed by atoms with Crippen molar-refractivity contribution in [2.24, 2.45) is 0 Å². The summed E-state index contributed by atoms with van der Waals surface area (Å²) in [5.74, 6) is 0. The molecule has 1 aliphatic rings. The lowest BCUT2D eigenvalue weighted by molar-refractivity contribution is 0.489. The summed E-state index contributed by atoms with van der Waals surface area (Å²) in [7, 11) is 0. The maximum absolute atomic E-state index is 3.52. The zero-order valence-electron chi connectivity index (χ0n) is 6.82. The molecule has 0 aromatic rings. The minimum absolute atomic E-state index is 0.729. The highest BCUT2D eigenvalue weighted by Crippen LogP contribution is 1.97. The van der Waals surface area contributed by atoms with E-state index in [4.69, 9.17) is 0 Å². The summed E-state index contributed by atoms with van der Waals surface area (Å²) in [4.78, 5) is 0. The Bertz CT molecular complexity index is 75.3. The van der Waals surface area contributed by atoms with Gasteiger partial charge in [-0.2, -0.15) is 0 Å². The Hall–Kier alpha value is -0.0800. The zero-order valence-corrected chi connectivity index (χ0v) is 6.82. The first-order chi connectivity index (χ1) is 4.93. The maximum atomic E-state index is 3.52. The third kappa shape index (κ3) is 2.67. The zero-order chi connectivity index (χ0) is 7.23. The van der Waals surface area contributed by atoms with Gasteiger partial charge in [0.2, 0.25) is 0 Å². The molecule has 0 spiro atoms. The van der Waals surface area contributed by atoms with Crippen LogP contribution in [0.1, 0.15) is 26.2 Å². The molecule has 1 heterocycles. The molecule has 0 aliphatic carbocycles. The topological polar surface area (TPSA) is 24.1 Å². The van der Waals surface area contributed by atoms with Crippen LogP contribution in [-0.4, -0.2) is 25.7 Å². The molecule has 0 saturated carbocycles. The Morgan fingerprint density at radius 2 is 2.30 bits per heavy atom. The summed E-state index contributed by atoms with van der Waals surface area (Å²) in [6, 6.07) is 0.729. The SMILES string of the molecule is CCCC1CNCCCN1. The van der Waals surface area contributed by atoms with Crippen LogP contribution in [0.5, 0.6) is 0 Å². The molecule has 2 N–H and O–H groups in total. The standard InChI is InChI=1S/C8H18N2/c1-2-4-8-7-9-5-3-6-10-8/h8-10H,2-7H2,1H3. The van der Waals surface area contributed by atoms with Crippen LogP contribution < -0.4 is 10.6 Å². The second-order valence-corrected chi connectivity index (χ2v) is 3.00. The molecule has 1 saturated heterocycles. The van der Waals surface area contributed by atoms with Gasteiger partial charge in [0.05, 0.1) is 0 Å². The molecule has 1 atom stereocenters. The van der Waals surface area contributed by atoms with Crippen molar-refractivity contribution in [2.75, 3.05) is 19.6 Å². The molecule has 1 unspecified atom stereocenters. The highest BCUT2D eigenvalue weighted by Gasteiger charge is 2.08. The smallest absolute Gasteiger partial charge is 0.0192 e. The van der Waals surface area contributed by atoms with Gasteiger partial charge < -0.3 is 10.6 Å². The van der Waals surface area contributed by atoms with Crippen LogP contribution in [0.15, 0.2) is 0 Å². The summed E-state index contributed by atoms with van der Waals surface area (Å²) < 4.78 is 0. The van der Waals surface area contributed by atoms with Crippen LogP contribution in [0, 0.1) is 0 Å². The lowest BCUT2D eigenvalue weighted by Gasteiger charge is -2.13. The molecule has 0 radical (unpaired) electrons. The number of nitrogens with one attached hydrogen (secondary N) is 2. The molecule has 10 heavy (non-hydrogen) atoms. The quantitative estimate of drug-likeness (QED) is 0.594. The summed E-state index contributed by atoms with van der Waals surface area (Å²) in [6.07, 6.45) is 3.88. The van der Waals surface area contributed by atoms with Gasteiger partial charge in [-0.15, -0.1) is 0 Å². The summed E-state index contributed by atoms with van der Waals surface area (Å²) in [5.41, 5.74) is 0. The number of hydrogen-bond acceptors (Lipinski definition) is 2. The highest BCUT2D eigenvalue weighted by atomic mass is 15.0. The fourth-order valence-electron chi connectivity index (χ4n) is 1.42. The molecule has 1 rings (SSSR count). The van der Waals surface area contributed by atoms with E-state index in [2.05, 4.69) is 17.6 Å². The van der Waals surface area contributed by atoms with Crippen LogP contribution in [0.3, 0.4) is 0 Å². The Morgan fingerprint density at radius 3 is 3.10 bits per heavy atom. The Balaban J connectivity index is 2.15. The van der Waals surface area contributed by atoms with E-state index in [1.54, 1.807) is 0 Å². The van der Waals surface area contributed by atoms with Crippen molar-refractivity contribution in [1.29, 1.82) is 0 Å². The van der Waals surface area contributed by atoms with Crippen LogP contribution in [0.25, 0.3) is 0 Å². The molecular weight excluding hydrogens is 124 g/mol. The Morgan fingerprint density at radius 1 is 1.40 bits per heavy atom. The Kier molecular flexibility index (Phi) is 3.76. The molecule has 0 bridgehead atoms. The predicted octanol–water partition coefficient (Wildman–Crippen LogP) is 0.738.